The van der Waals surface area contributed by atoms with Crippen LogP contribution in [0, 0.1) is 6.92 Å². The van der Waals surface area contributed by atoms with Crippen LogP contribution in [0.4, 0.5) is 5.69 Å². The number of hydrogen-bond acceptors (Lipinski definition) is 5. The number of anilines is 1. The Bertz CT molecular complexity index is 637. The van der Waals surface area contributed by atoms with Gasteiger partial charge < -0.3 is 15.7 Å². The van der Waals surface area contributed by atoms with Crippen molar-refractivity contribution in [1.82, 2.24) is 9.88 Å². The summed E-state index contributed by atoms with van der Waals surface area (Å²) < 4.78 is 0. The van der Waals surface area contributed by atoms with Crippen molar-refractivity contribution in [2.45, 2.75) is 26.8 Å². The summed E-state index contributed by atoms with van der Waals surface area (Å²) in [5.74, 6) is -0.144. The van der Waals surface area contributed by atoms with Crippen molar-refractivity contribution in [2.24, 2.45) is 0 Å². The SMILES string of the molecule is Cc1ccnc2sc(C(=O)N(CCO)C(C)C)c(N)c12. The van der Waals surface area contributed by atoms with Gasteiger partial charge in [0.05, 0.1) is 12.3 Å². The van der Waals surface area contributed by atoms with Crippen molar-refractivity contribution >= 4 is 33.1 Å². The van der Waals surface area contributed by atoms with Gasteiger partial charge in [-0.15, -0.1) is 11.3 Å². The number of fused-ring (bicyclic) bond motifs is 1. The summed E-state index contributed by atoms with van der Waals surface area (Å²) in [6.45, 7) is 6.03. The first-order valence-electron chi connectivity index (χ1n) is 6.52. The van der Waals surface area contributed by atoms with Gasteiger partial charge in [0.15, 0.2) is 0 Å². The highest BCUT2D eigenvalue weighted by Crippen LogP contribution is 2.35. The number of carbonyl (C=O) groups is 1. The molecule has 0 bridgehead atoms. The molecule has 2 aromatic heterocycles. The number of aliphatic hydroxyl groups excluding tert-OH is 1. The summed E-state index contributed by atoms with van der Waals surface area (Å²) in [7, 11) is 0. The number of pyridine rings is 1. The lowest BCUT2D eigenvalue weighted by molar-refractivity contribution is 0.0671. The molecule has 108 valence electrons. The summed E-state index contributed by atoms with van der Waals surface area (Å²) in [4.78, 5) is 19.8. The molecule has 0 atom stereocenters. The van der Waals surface area contributed by atoms with Gasteiger partial charge in [-0.25, -0.2) is 4.98 Å². The predicted octanol–water partition coefficient (Wildman–Crippen LogP) is 2.03. The molecule has 0 saturated heterocycles. The highest BCUT2D eigenvalue weighted by molar-refractivity contribution is 7.21. The van der Waals surface area contributed by atoms with Crippen molar-refractivity contribution in [3.63, 3.8) is 0 Å². The van der Waals surface area contributed by atoms with E-state index in [4.69, 9.17) is 10.8 Å². The van der Waals surface area contributed by atoms with Crippen LogP contribution in [0.3, 0.4) is 0 Å². The Kier molecular flexibility index (Phi) is 4.25. The Labute approximate surface area is 122 Å². The second-order valence-corrected chi connectivity index (χ2v) is 5.97. The molecule has 2 heterocycles. The van der Waals surface area contributed by atoms with Crippen molar-refractivity contribution in [2.75, 3.05) is 18.9 Å². The van der Waals surface area contributed by atoms with E-state index in [1.54, 1.807) is 11.1 Å². The zero-order chi connectivity index (χ0) is 14.9. The molecule has 0 aliphatic rings. The van der Waals surface area contributed by atoms with E-state index < -0.39 is 0 Å². The van der Waals surface area contributed by atoms with Crippen molar-refractivity contribution < 1.29 is 9.90 Å². The molecule has 0 spiro atoms. The van der Waals surface area contributed by atoms with E-state index in [0.29, 0.717) is 17.1 Å². The molecule has 0 aliphatic carbocycles. The standard InChI is InChI=1S/C14H19N3O2S/c1-8(2)17(6-7-18)14(19)12-11(15)10-9(3)4-5-16-13(10)20-12/h4-5,8,18H,6-7,15H2,1-3H3. The first-order valence-corrected chi connectivity index (χ1v) is 7.34. The van der Waals surface area contributed by atoms with Crippen LogP contribution in [-0.4, -0.2) is 40.1 Å². The normalized spacial score (nSPS) is 11.2. The summed E-state index contributed by atoms with van der Waals surface area (Å²) in [6, 6.07) is 1.89. The number of aromatic nitrogens is 1. The molecule has 0 fully saturated rings. The van der Waals surface area contributed by atoms with Crippen LogP contribution in [-0.2, 0) is 0 Å². The maximum atomic E-state index is 12.6. The van der Waals surface area contributed by atoms with Gasteiger partial charge in [-0.05, 0) is 32.4 Å². The van der Waals surface area contributed by atoms with E-state index in [2.05, 4.69) is 4.98 Å². The third-order valence-electron chi connectivity index (χ3n) is 3.26. The summed E-state index contributed by atoms with van der Waals surface area (Å²) in [6.07, 6.45) is 1.72. The molecule has 5 nitrogen and oxygen atoms in total. The van der Waals surface area contributed by atoms with Crippen LogP contribution in [0.15, 0.2) is 12.3 Å². The van der Waals surface area contributed by atoms with E-state index >= 15 is 0 Å². The second-order valence-electron chi connectivity index (χ2n) is 4.97. The molecule has 20 heavy (non-hydrogen) atoms. The van der Waals surface area contributed by atoms with Gasteiger partial charge in [0.1, 0.15) is 9.71 Å². The monoisotopic (exact) mass is 293 g/mol. The van der Waals surface area contributed by atoms with Gasteiger partial charge >= 0.3 is 0 Å². The maximum absolute atomic E-state index is 12.6. The lowest BCUT2D eigenvalue weighted by Gasteiger charge is -2.25. The number of aliphatic hydroxyl groups is 1. The average molecular weight is 293 g/mol. The number of nitrogens with zero attached hydrogens (tertiary/aromatic N) is 2. The minimum Gasteiger partial charge on any atom is -0.397 e. The molecular weight excluding hydrogens is 274 g/mol. The van der Waals surface area contributed by atoms with Crippen LogP contribution in [0.5, 0.6) is 0 Å². The number of aryl methyl sites for hydroxylation is 1. The second kappa shape index (κ2) is 5.76. The molecule has 0 saturated carbocycles. The molecule has 1 amide bonds. The topological polar surface area (TPSA) is 79.5 Å². The van der Waals surface area contributed by atoms with E-state index in [0.717, 1.165) is 15.8 Å². The van der Waals surface area contributed by atoms with Gasteiger partial charge in [-0.3, -0.25) is 4.79 Å². The van der Waals surface area contributed by atoms with Crippen LogP contribution >= 0.6 is 11.3 Å². The van der Waals surface area contributed by atoms with Crippen LogP contribution in [0.2, 0.25) is 0 Å². The number of hydrogen-bond donors (Lipinski definition) is 2. The molecule has 2 rings (SSSR count). The molecule has 2 aromatic rings. The van der Waals surface area contributed by atoms with E-state index in [1.165, 1.54) is 11.3 Å². The fourth-order valence-electron chi connectivity index (χ4n) is 2.19. The molecule has 0 radical (unpaired) electrons. The average Bonchev–Trinajstić information content (AvgIpc) is 2.73. The third-order valence-corrected chi connectivity index (χ3v) is 4.36. The van der Waals surface area contributed by atoms with Crippen LogP contribution in [0.25, 0.3) is 10.2 Å². The predicted molar refractivity (Wildman–Crippen MR) is 82.0 cm³/mol. The number of carbonyl (C=O) groups excluding carboxylic acids is 1. The first-order chi connectivity index (χ1) is 9.47. The zero-order valence-electron chi connectivity index (χ0n) is 11.9. The fourth-order valence-corrected chi connectivity index (χ4v) is 3.29. The van der Waals surface area contributed by atoms with E-state index in [-0.39, 0.29) is 18.6 Å². The van der Waals surface area contributed by atoms with Gasteiger partial charge in [0.25, 0.3) is 5.91 Å². The largest absolute Gasteiger partial charge is 0.397 e. The number of nitrogens with two attached hydrogens (primary N) is 1. The summed E-state index contributed by atoms with van der Waals surface area (Å²) in [5.41, 5.74) is 7.64. The van der Waals surface area contributed by atoms with Gasteiger partial charge in [-0.1, -0.05) is 0 Å². The Morgan fingerprint density at radius 1 is 1.55 bits per heavy atom. The van der Waals surface area contributed by atoms with E-state index in [1.807, 2.05) is 26.8 Å². The number of amides is 1. The molecule has 0 aliphatic heterocycles. The lowest BCUT2D eigenvalue weighted by atomic mass is 10.1. The zero-order valence-corrected chi connectivity index (χ0v) is 12.7. The Balaban J connectivity index is 2.49. The number of thiophene rings is 1. The maximum Gasteiger partial charge on any atom is 0.266 e. The van der Waals surface area contributed by atoms with Crippen molar-refractivity contribution in [3.8, 4) is 0 Å². The third kappa shape index (κ3) is 2.48. The highest BCUT2D eigenvalue weighted by atomic mass is 32.1. The Morgan fingerprint density at radius 2 is 2.25 bits per heavy atom. The summed E-state index contributed by atoms with van der Waals surface area (Å²) >= 11 is 1.31. The summed E-state index contributed by atoms with van der Waals surface area (Å²) in [5, 5.41) is 9.96. The smallest absolute Gasteiger partial charge is 0.266 e. The Morgan fingerprint density at radius 3 is 2.80 bits per heavy atom. The lowest BCUT2D eigenvalue weighted by Crippen LogP contribution is -2.38. The molecule has 6 heteroatoms. The quantitative estimate of drug-likeness (QED) is 0.904. The Hall–Kier alpha value is -1.66. The number of rotatable bonds is 4. The molecule has 0 aromatic carbocycles. The van der Waals surface area contributed by atoms with Crippen molar-refractivity contribution in [3.05, 3.63) is 22.7 Å². The van der Waals surface area contributed by atoms with Gasteiger partial charge in [0.2, 0.25) is 0 Å². The van der Waals surface area contributed by atoms with Gasteiger partial charge in [0, 0.05) is 24.2 Å². The minimum atomic E-state index is -0.144. The van der Waals surface area contributed by atoms with Crippen molar-refractivity contribution in [1.29, 1.82) is 0 Å². The fraction of sp³-hybridized carbons (Fsp3) is 0.429. The number of nitrogen functional groups attached to an aromatic ring is 1. The first kappa shape index (κ1) is 14.7. The van der Waals surface area contributed by atoms with E-state index in [9.17, 15) is 4.79 Å². The molecule has 3 N–H and O–H groups in total. The van der Waals surface area contributed by atoms with Crippen LogP contribution < -0.4 is 5.73 Å². The van der Waals surface area contributed by atoms with Gasteiger partial charge in [-0.2, -0.15) is 0 Å². The van der Waals surface area contributed by atoms with Crippen LogP contribution in [0.1, 0.15) is 29.1 Å². The minimum absolute atomic E-state index is 0.00770. The highest BCUT2D eigenvalue weighted by Gasteiger charge is 2.24. The molecular formula is C14H19N3O2S. The molecule has 0 unspecified atom stereocenters.